The van der Waals surface area contributed by atoms with Crippen LogP contribution in [-0.4, -0.2) is 60.0 Å². The Labute approximate surface area is 234 Å². The number of allylic oxidation sites excluding steroid dienone is 3. The van der Waals surface area contributed by atoms with Crippen LogP contribution in [0.25, 0.3) is 0 Å². The summed E-state index contributed by atoms with van der Waals surface area (Å²) >= 11 is 3.82. The molecule has 6 nitrogen and oxygen atoms in total. The highest BCUT2D eigenvalue weighted by Gasteiger charge is 2.62. The zero-order chi connectivity index (χ0) is 27.2. The Morgan fingerprint density at radius 2 is 1.63 bits per heavy atom. The van der Waals surface area contributed by atoms with Gasteiger partial charge in [0.1, 0.15) is 0 Å². The smallest absolute Gasteiger partial charge is 0.254 e. The average molecular weight is 584 g/mol. The summed E-state index contributed by atoms with van der Waals surface area (Å²) in [6.45, 7) is 8.98. The van der Waals surface area contributed by atoms with Gasteiger partial charge < -0.3 is 19.3 Å². The van der Waals surface area contributed by atoms with E-state index in [1.54, 1.807) is 0 Å². The molecule has 1 aromatic rings. The van der Waals surface area contributed by atoms with Gasteiger partial charge in [-0.25, -0.2) is 0 Å². The highest BCUT2D eigenvalue weighted by Crippen LogP contribution is 2.63. The van der Waals surface area contributed by atoms with E-state index >= 15 is 0 Å². The maximum atomic E-state index is 13.9. The number of hydrogen-bond donors (Lipinski definition) is 0. The van der Waals surface area contributed by atoms with Crippen LogP contribution in [0.1, 0.15) is 87.2 Å². The molecule has 3 saturated carbocycles. The van der Waals surface area contributed by atoms with Crippen molar-refractivity contribution in [1.29, 1.82) is 0 Å². The van der Waals surface area contributed by atoms with Gasteiger partial charge in [0, 0.05) is 48.5 Å². The number of nitrogens with zero attached hydrogens (tertiary/aromatic N) is 2. The molecule has 1 atom stereocenters. The number of ketones is 1. The standard InChI is InChI=1S/C31H39BrN2O4/c1-18-15-19(2)22(23(35)16-18)17-34-14-7-21-24(28(34)36)20(3)26-27(25(21)32)38-29(4,37-26)30-8-11-31(12-9-30,13-10-30)33(5)6/h15H,7-14,16-17H2,1-6H3/t29-,30?,31?/m0/s1. The van der Waals surface area contributed by atoms with E-state index in [0.29, 0.717) is 42.8 Å². The number of hydrogen-bond acceptors (Lipinski definition) is 5. The zero-order valence-electron chi connectivity index (χ0n) is 23.6. The quantitative estimate of drug-likeness (QED) is 0.427. The van der Waals surface area contributed by atoms with Crippen LogP contribution in [0.3, 0.4) is 0 Å². The molecule has 0 unspecified atom stereocenters. The van der Waals surface area contributed by atoms with Crippen LogP contribution >= 0.6 is 15.9 Å². The largest absolute Gasteiger partial charge is 0.448 e. The van der Waals surface area contributed by atoms with E-state index < -0.39 is 5.79 Å². The first-order chi connectivity index (χ1) is 17.9. The molecule has 0 spiro atoms. The first kappa shape index (κ1) is 26.1. The van der Waals surface area contributed by atoms with Crippen molar-refractivity contribution in [2.24, 2.45) is 5.41 Å². The van der Waals surface area contributed by atoms with Crippen LogP contribution in [-0.2, 0) is 11.2 Å². The Morgan fingerprint density at radius 3 is 2.24 bits per heavy atom. The molecule has 0 N–H and O–H groups in total. The molecule has 0 saturated heterocycles. The lowest BCUT2D eigenvalue weighted by molar-refractivity contribution is -0.212. The first-order valence-corrected chi connectivity index (χ1v) is 14.8. The molecule has 1 aromatic carbocycles. The zero-order valence-corrected chi connectivity index (χ0v) is 25.1. The van der Waals surface area contributed by atoms with E-state index in [-0.39, 0.29) is 17.1 Å². The SMILES string of the molecule is CC1=CC(C)=C(CN2CCc3c(Br)c4c(c(C)c3C2=O)O[C@](C)(C23CCC(N(C)C)(CC2)CC3)O4)C(=O)C1. The van der Waals surface area contributed by atoms with Gasteiger partial charge in [0.2, 0.25) is 0 Å². The second-order valence-electron chi connectivity index (χ2n) is 12.7. The van der Waals surface area contributed by atoms with E-state index in [9.17, 15) is 9.59 Å². The van der Waals surface area contributed by atoms with Crippen molar-refractivity contribution in [3.05, 3.63) is 44.0 Å². The Balaban J connectivity index is 1.31. The molecule has 3 fully saturated rings. The first-order valence-electron chi connectivity index (χ1n) is 14.0. The summed E-state index contributed by atoms with van der Waals surface area (Å²) in [7, 11) is 4.42. The second kappa shape index (κ2) is 8.69. The summed E-state index contributed by atoms with van der Waals surface area (Å²) in [5, 5.41) is 0. The third-order valence-corrected chi connectivity index (χ3v) is 11.4. The molecule has 1 amide bonds. The molecule has 6 aliphatic rings. The molecule has 7 rings (SSSR count). The van der Waals surface area contributed by atoms with Gasteiger partial charge in [0.15, 0.2) is 17.3 Å². The van der Waals surface area contributed by atoms with Crippen molar-refractivity contribution < 1.29 is 19.1 Å². The van der Waals surface area contributed by atoms with Gasteiger partial charge in [-0.15, -0.1) is 0 Å². The van der Waals surface area contributed by atoms with Gasteiger partial charge in [0.05, 0.1) is 10.0 Å². The van der Waals surface area contributed by atoms with E-state index in [1.807, 2.05) is 25.7 Å². The van der Waals surface area contributed by atoms with E-state index in [4.69, 9.17) is 9.47 Å². The van der Waals surface area contributed by atoms with Crippen LogP contribution in [0, 0.1) is 12.3 Å². The normalized spacial score (nSPS) is 32.3. The molecule has 0 radical (unpaired) electrons. The fraction of sp³-hybridized carbons (Fsp3) is 0.613. The van der Waals surface area contributed by atoms with Crippen LogP contribution in [0.2, 0.25) is 0 Å². The van der Waals surface area contributed by atoms with Crippen molar-refractivity contribution in [2.45, 2.75) is 90.4 Å². The second-order valence-corrected chi connectivity index (χ2v) is 13.5. The number of rotatable bonds is 4. The van der Waals surface area contributed by atoms with Gasteiger partial charge in [-0.1, -0.05) is 11.6 Å². The molecular weight excluding hydrogens is 544 g/mol. The fourth-order valence-corrected chi connectivity index (χ4v) is 8.55. The van der Waals surface area contributed by atoms with Crippen LogP contribution < -0.4 is 9.47 Å². The van der Waals surface area contributed by atoms with Gasteiger partial charge in [-0.05, 0) is 107 Å². The van der Waals surface area contributed by atoms with Crippen LogP contribution in [0.4, 0.5) is 0 Å². The summed E-state index contributed by atoms with van der Waals surface area (Å²) in [6, 6.07) is 0. The van der Waals surface area contributed by atoms with Gasteiger partial charge >= 0.3 is 0 Å². The molecule has 2 aliphatic heterocycles. The number of benzene rings is 1. The Kier molecular flexibility index (Phi) is 5.97. The van der Waals surface area contributed by atoms with Crippen molar-refractivity contribution in [3.8, 4) is 11.5 Å². The van der Waals surface area contributed by atoms with Gasteiger partial charge in [-0.2, -0.15) is 0 Å². The Hall–Kier alpha value is -2.12. The van der Waals surface area contributed by atoms with Gasteiger partial charge in [-0.3, -0.25) is 9.59 Å². The van der Waals surface area contributed by atoms with Gasteiger partial charge in [0.25, 0.3) is 11.7 Å². The number of Topliss-reactive ketones (excluding diaryl/α,β-unsaturated/α-hetero) is 1. The number of carbonyl (C=O) groups is 2. The monoisotopic (exact) mass is 582 g/mol. The minimum Gasteiger partial charge on any atom is -0.448 e. The van der Waals surface area contributed by atoms with Crippen molar-refractivity contribution in [2.75, 3.05) is 27.2 Å². The van der Waals surface area contributed by atoms with Crippen molar-refractivity contribution >= 4 is 27.6 Å². The van der Waals surface area contributed by atoms with E-state index in [1.165, 1.54) is 0 Å². The maximum Gasteiger partial charge on any atom is 0.254 e. The fourth-order valence-electron chi connectivity index (χ4n) is 7.89. The highest BCUT2D eigenvalue weighted by molar-refractivity contribution is 9.10. The lowest BCUT2D eigenvalue weighted by Gasteiger charge is -2.59. The molecule has 0 aromatic heterocycles. The number of halogens is 1. The number of fused-ring (bicyclic) bond motifs is 5. The van der Waals surface area contributed by atoms with Crippen molar-refractivity contribution in [3.63, 3.8) is 0 Å². The minimum atomic E-state index is -0.755. The lowest BCUT2D eigenvalue weighted by atomic mass is 9.54. The maximum absolute atomic E-state index is 13.9. The Bertz CT molecular complexity index is 1300. The topological polar surface area (TPSA) is 59.1 Å². The van der Waals surface area contributed by atoms with Crippen molar-refractivity contribution in [1.82, 2.24) is 9.80 Å². The third-order valence-electron chi connectivity index (χ3n) is 10.6. The Morgan fingerprint density at radius 1 is 1.00 bits per heavy atom. The molecule has 4 aliphatic carbocycles. The molecule has 2 bridgehead atoms. The number of amides is 1. The minimum absolute atomic E-state index is 0.0342. The van der Waals surface area contributed by atoms with E-state index in [0.717, 1.165) is 76.6 Å². The predicted molar refractivity (Wildman–Crippen MR) is 151 cm³/mol. The third kappa shape index (κ3) is 3.60. The summed E-state index contributed by atoms with van der Waals surface area (Å²) in [6.07, 6.45) is 9.92. The molecule has 38 heavy (non-hydrogen) atoms. The lowest BCUT2D eigenvalue weighted by Crippen LogP contribution is -2.62. The molecule has 2 heterocycles. The summed E-state index contributed by atoms with van der Waals surface area (Å²) < 4.78 is 14.4. The van der Waals surface area contributed by atoms with Crippen LogP contribution in [0.15, 0.2) is 27.3 Å². The van der Waals surface area contributed by atoms with E-state index in [2.05, 4.69) is 47.9 Å². The highest BCUT2D eigenvalue weighted by atomic mass is 79.9. The summed E-state index contributed by atoms with van der Waals surface area (Å²) in [5.74, 6) is 0.775. The number of carbonyl (C=O) groups excluding carboxylic acids is 2. The molecular formula is C31H39BrN2O4. The summed E-state index contributed by atoms with van der Waals surface area (Å²) in [5.41, 5.74) is 5.58. The van der Waals surface area contributed by atoms with Crippen LogP contribution in [0.5, 0.6) is 11.5 Å². The molecule has 7 heteroatoms. The average Bonchev–Trinajstić information content (AvgIpc) is 3.26. The predicted octanol–water partition coefficient (Wildman–Crippen LogP) is 6.13. The summed E-state index contributed by atoms with van der Waals surface area (Å²) in [4.78, 5) is 30.9. The molecule has 204 valence electrons. The number of ether oxygens (including phenoxy) is 2.